The van der Waals surface area contributed by atoms with Gasteiger partial charge in [0.2, 0.25) is 0 Å². The molecule has 1 aromatic carbocycles. The van der Waals surface area contributed by atoms with E-state index in [2.05, 4.69) is 33.0 Å². The molecule has 100 valence electrons. The van der Waals surface area contributed by atoms with Gasteiger partial charge in [0, 0.05) is 30.4 Å². The molecular weight excluding hydrogens is 240 g/mol. The van der Waals surface area contributed by atoms with E-state index in [9.17, 15) is 0 Å². The molecule has 1 aliphatic rings. The van der Waals surface area contributed by atoms with E-state index < -0.39 is 0 Å². The summed E-state index contributed by atoms with van der Waals surface area (Å²) in [4.78, 5) is 0. The van der Waals surface area contributed by atoms with E-state index in [1.807, 2.05) is 19.2 Å². The molecule has 1 aromatic heterocycles. The molecule has 2 aromatic rings. The molecule has 6 heteroatoms. The van der Waals surface area contributed by atoms with Crippen LogP contribution < -0.4 is 11.1 Å². The van der Waals surface area contributed by atoms with Crippen molar-refractivity contribution in [2.24, 2.45) is 12.8 Å². The zero-order valence-corrected chi connectivity index (χ0v) is 11.0. The van der Waals surface area contributed by atoms with Gasteiger partial charge in [-0.25, -0.2) is 4.68 Å². The van der Waals surface area contributed by atoms with E-state index in [4.69, 9.17) is 5.73 Å². The fourth-order valence-electron chi connectivity index (χ4n) is 2.61. The molecule has 0 radical (unpaired) electrons. The predicted molar refractivity (Wildman–Crippen MR) is 73.5 cm³/mol. The fraction of sp³-hybridized carbons (Fsp3) is 0.462. The lowest BCUT2D eigenvalue weighted by atomic mass is 10.1. The monoisotopic (exact) mass is 258 g/mol. The molecule has 3 N–H and O–H groups in total. The molecule has 1 heterocycles. The van der Waals surface area contributed by atoms with Crippen molar-refractivity contribution in [1.29, 1.82) is 0 Å². The van der Waals surface area contributed by atoms with Crippen molar-refractivity contribution in [3.63, 3.8) is 0 Å². The van der Waals surface area contributed by atoms with Gasteiger partial charge < -0.3 is 11.1 Å². The minimum atomic E-state index is 0.337. The molecule has 1 saturated carbocycles. The topological polar surface area (TPSA) is 81.7 Å². The number of aryl methyl sites for hydroxylation is 1. The van der Waals surface area contributed by atoms with E-state index in [0.29, 0.717) is 12.1 Å². The summed E-state index contributed by atoms with van der Waals surface area (Å²) < 4.78 is 1.67. The first-order valence-corrected chi connectivity index (χ1v) is 6.57. The standard InChI is InChI=1S/C13H18N6/c1-19-13(16-17-18-19)9-3-2-4-11(7-9)15-12-6-5-10(14)8-12/h2-4,7,10,12,15H,5-6,8,14H2,1H3. The minimum absolute atomic E-state index is 0.337. The number of nitrogens with one attached hydrogen (secondary N) is 1. The Morgan fingerprint density at radius 1 is 1.37 bits per heavy atom. The second-order valence-electron chi connectivity index (χ2n) is 5.12. The van der Waals surface area contributed by atoms with Crippen molar-refractivity contribution < 1.29 is 0 Å². The Kier molecular flexibility index (Phi) is 3.16. The van der Waals surface area contributed by atoms with Crippen LogP contribution in [0.1, 0.15) is 19.3 Å². The lowest BCUT2D eigenvalue weighted by Crippen LogP contribution is -2.20. The molecular formula is C13H18N6. The number of hydrogen-bond acceptors (Lipinski definition) is 5. The highest BCUT2D eigenvalue weighted by Gasteiger charge is 2.21. The van der Waals surface area contributed by atoms with Gasteiger partial charge in [0.25, 0.3) is 0 Å². The van der Waals surface area contributed by atoms with Crippen LogP contribution >= 0.6 is 0 Å². The summed E-state index contributed by atoms with van der Waals surface area (Å²) in [6.07, 6.45) is 3.28. The number of anilines is 1. The Balaban J connectivity index is 1.79. The van der Waals surface area contributed by atoms with E-state index in [1.165, 1.54) is 0 Å². The van der Waals surface area contributed by atoms with Gasteiger partial charge >= 0.3 is 0 Å². The normalized spacial score (nSPS) is 22.6. The SMILES string of the molecule is Cn1nnnc1-c1cccc(NC2CCC(N)C2)c1. The first kappa shape index (κ1) is 12.1. The second kappa shape index (κ2) is 4.97. The van der Waals surface area contributed by atoms with E-state index >= 15 is 0 Å². The summed E-state index contributed by atoms with van der Waals surface area (Å²) >= 11 is 0. The average Bonchev–Trinajstić information content (AvgIpc) is 2.99. The molecule has 19 heavy (non-hydrogen) atoms. The molecule has 1 fully saturated rings. The van der Waals surface area contributed by atoms with Gasteiger partial charge in [0.15, 0.2) is 5.82 Å². The van der Waals surface area contributed by atoms with Crippen LogP contribution in [0.5, 0.6) is 0 Å². The Morgan fingerprint density at radius 2 is 2.26 bits per heavy atom. The maximum atomic E-state index is 5.94. The number of aromatic nitrogens is 4. The lowest BCUT2D eigenvalue weighted by Gasteiger charge is -2.14. The van der Waals surface area contributed by atoms with Crippen LogP contribution in [0.15, 0.2) is 24.3 Å². The third-order valence-electron chi connectivity index (χ3n) is 3.58. The van der Waals surface area contributed by atoms with Gasteiger partial charge in [-0.2, -0.15) is 0 Å². The number of nitrogens with zero attached hydrogens (tertiary/aromatic N) is 4. The lowest BCUT2D eigenvalue weighted by molar-refractivity contribution is 0.688. The molecule has 0 aliphatic heterocycles. The zero-order valence-electron chi connectivity index (χ0n) is 11.0. The number of rotatable bonds is 3. The third-order valence-corrected chi connectivity index (χ3v) is 3.58. The summed E-state index contributed by atoms with van der Waals surface area (Å²) in [5.41, 5.74) is 8.05. The van der Waals surface area contributed by atoms with Crippen LogP contribution in [-0.4, -0.2) is 32.3 Å². The molecule has 2 atom stereocenters. The Bertz CT molecular complexity index is 564. The molecule has 3 rings (SSSR count). The van der Waals surface area contributed by atoms with E-state index in [0.717, 1.165) is 36.3 Å². The number of hydrogen-bond donors (Lipinski definition) is 2. The predicted octanol–water partition coefficient (Wildman–Crippen LogP) is 1.17. The minimum Gasteiger partial charge on any atom is -0.382 e. The van der Waals surface area contributed by atoms with Crippen molar-refractivity contribution >= 4 is 5.69 Å². The summed E-state index contributed by atoms with van der Waals surface area (Å²) in [5, 5.41) is 15.1. The van der Waals surface area contributed by atoms with Gasteiger partial charge in [-0.15, -0.1) is 5.10 Å². The highest BCUT2D eigenvalue weighted by Crippen LogP contribution is 2.24. The largest absolute Gasteiger partial charge is 0.382 e. The summed E-state index contributed by atoms with van der Waals surface area (Å²) in [6.45, 7) is 0. The van der Waals surface area contributed by atoms with Crippen molar-refractivity contribution in [3.8, 4) is 11.4 Å². The van der Waals surface area contributed by atoms with Crippen LogP contribution in [-0.2, 0) is 7.05 Å². The molecule has 1 aliphatic carbocycles. The van der Waals surface area contributed by atoms with E-state index in [-0.39, 0.29) is 0 Å². The van der Waals surface area contributed by atoms with Gasteiger partial charge in [0.1, 0.15) is 0 Å². The van der Waals surface area contributed by atoms with Crippen LogP contribution in [0.25, 0.3) is 11.4 Å². The number of tetrazole rings is 1. The van der Waals surface area contributed by atoms with Crippen molar-refractivity contribution in [2.45, 2.75) is 31.3 Å². The highest BCUT2D eigenvalue weighted by atomic mass is 15.5. The second-order valence-corrected chi connectivity index (χ2v) is 5.12. The van der Waals surface area contributed by atoms with E-state index in [1.54, 1.807) is 4.68 Å². The fourth-order valence-corrected chi connectivity index (χ4v) is 2.61. The summed E-state index contributed by atoms with van der Waals surface area (Å²) in [6, 6.07) is 8.98. The van der Waals surface area contributed by atoms with Crippen molar-refractivity contribution in [3.05, 3.63) is 24.3 Å². The molecule has 0 spiro atoms. The van der Waals surface area contributed by atoms with Crippen LogP contribution in [0, 0.1) is 0 Å². The van der Waals surface area contributed by atoms with Gasteiger partial charge in [-0.05, 0) is 41.8 Å². The molecule has 0 amide bonds. The van der Waals surface area contributed by atoms with Gasteiger partial charge in [-0.1, -0.05) is 12.1 Å². The van der Waals surface area contributed by atoms with Crippen LogP contribution in [0.4, 0.5) is 5.69 Å². The third kappa shape index (κ3) is 2.58. The Morgan fingerprint density at radius 3 is 2.95 bits per heavy atom. The first-order valence-electron chi connectivity index (χ1n) is 6.57. The van der Waals surface area contributed by atoms with Gasteiger partial charge in [-0.3, -0.25) is 0 Å². The molecule has 0 saturated heterocycles. The molecule has 6 nitrogen and oxygen atoms in total. The van der Waals surface area contributed by atoms with Crippen molar-refractivity contribution in [1.82, 2.24) is 20.2 Å². The zero-order chi connectivity index (χ0) is 13.2. The maximum Gasteiger partial charge on any atom is 0.181 e. The number of nitrogens with two attached hydrogens (primary N) is 1. The molecule has 0 bridgehead atoms. The highest BCUT2D eigenvalue weighted by molar-refractivity contribution is 5.62. The number of benzene rings is 1. The smallest absolute Gasteiger partial charge is 0.181 e. The van der Waals surface area contributed by atoms with Crippen LogP contribution in [0.3, 0.4) is 0 Å². The Labute approximate surface area is 112 Å². The molecule has 2 unspecified atom stereocenters. The van der Waals surface area contributed by atoms with Gasteiger partial charge in [0.05, 0.1) is 0 Å². The summed E-state index contributed by atoms with van der Waals surface area (Å²) in [5.74, 6) is 0.770. The maximum absolute atomic E-state index is 5.94. The first-order chi connectivity index (χ1) is 9.22. The Hall–Kier alpha value is -1.95. The average molecular weight is 258 g/mol. The van der Waals surface area contributed by atoms with Crippen LogP contribution in [0.2, 0.25) is 0 Å². The quantitative estimate of drug-likeness (QED) is 0.863. The van der Waals surface area contributed by atoms with Crippen molar-refractivity contribution in [2.75, 3.05) is 5.32 Å². The summed E-state index contributed by atoms with van der Waals surface area (Å²) in [7, 11) is 1.84.